The van der Waals surface area contributed by atoms with Crippen LogP contribution >= 0.6 is 11.6 Å². The molecule has 0 aliphatic carbocycles. The lowest BCUT2D eigenvalue weighted by molar-refractivity contribution is -0.219. The number of hydrogen-bond donors (Lipinski definition) is 0. The van der Waals surface area contributed by atoms with Crippen LogP contribution in [0.4, 0.5) is 39.5 Å². The molecule has 0 saturated heterocycles. The molecule has 0 saturated carbocycles. The number of allylic oxidation sites excluding steroid dienone is 1. The Morgan fingerprint density at radius 3 is 1.72 bits per heavy atom. The SMILES string of the molecule is FC(F)=C(F)C(F)(F)C(F)(F)CO/C(F)=C(\F)Cl. The van der Waals surface area contributed by atoms with Crippen LogP contribution < -0.4 is 0 Å². The fourth-order valence-electron chi connectivity index (χ4n) is 0.578. The van der Waals surface area contributed by atoms with Gasteiger partial charge in [0.1, 0.15) is 0 Å². The zero-order valence-electron chi connectivity index (χ0n) is 7.89. The van der Waals surface area contributed by atoms with Crippen LogP contribution in [0.3, 0.4) is 0 Å². The van der Waals surface area contributed by atoms with Crippen molar-refractivity contribution in [3.63, 3.8) is 0 Å². The second-order valence-corrected chi connectivity index (χ2v) is 3.01. The second kappa shape index (κ2) is 5.72. The van der Waals surface area contributed by atoms with E-state index in [2.05, 4.69) is 16.3 Å². The van der Waals surface area contributed by atoms with Gasteiger partial charge in [0.2, 0.25) is 5.83 Å². The van der Waals surface area contributed by atoms with Gasteiger partial charge in [0.25, 0.3) is 5.29 Å². The first-order valence-corrected chi connectivity index (χ1v) is 4.11. The molecule has 0 N–H and O–H groups in total. The van der Waals surface area contributed by atoms with Crippen LogP contribution in [-0.2, 0) is 4.74 Å². The van der Waals surface area contributed by atoms with Crippen LogP contribution in [0.2, 0.25) is 0 Å². The summed E-state index contributed by atoms with van der Waals surface area (Å²) in [4.78, 5) is 0. The Kier molecular flexibility index (Phi) is 5.38. The summed E-state index contributed by atoms with van der Waals surface area (Å²) in [5, 5.41) is -2.26. The average molecular weight is 309 g/mol. The molecule has 0 spiro atoms. The zero-order chi connectivity index (χ0) is 14.7. The van der Waals surface area contributed by atoms with E-state index in [4.69, 9.17) is 0 Å². The Bertz CT molecular complexity index is 367. The fraction of sp³-hybridized carbons (Fsp3) is 0.429. The van der Waals surface area contributed by atoms with Gasteiger partial charge in [-0.25, -0.2) is 0 Å². The maximum Gasteiger partial charge on any atom is 0.369 e. The molecule has 0 radical (unpaired) electrons. The van der Waals surface area contributed by atoms with E-state index in [0.717, 1.165) is 0 Å². The van der Waals surface area contributed by atoms with Gasteiger partial charge in [0, 0.05) is 0 Å². The standard InChI is InChI=1S/C7H2ClF9O/c8-3(10)5(13)18-1-6(14,15)7(16,17)2(9)4(11)12/h1H2/b5-3-. The summed E-state index contributed by atoms with van der Waals surface area (Å²) in [7, 11) is 0. The van der Waals surface area contributed by atoms with Crippen molar-refractivity contribution in [1.29, 1.82) is 0 Å². The third kappa shape index (κ3) is 3.72. The van der Waals surface area contributed by atoms with Crippen LogP contribution in [0.1, 0.15) is 0 Å². The predicted octanol–water partition coefficient (Wildman–Crippen LogP) is 4.66. The summed E-state index contributed by atoms with van der Waals surface area (Å²) in [5.74, 6) is -15.2. The van der Waals surface area contributed by atoms with Gasteiger partial charge in [-0.05, 0) is 11.6 Å². The van der Waals surface area contributed by atoms with E-state index in [1.807, 2.05) is 0 Å². The molecule has 0 fully saturated rings. The second-order valence-electron chi connectivity index (χ2n) is 2.68. The molecule has 0 atom stereocenters. The van der Waals surface area contributed by atoms with Crippen molar-refractivity contribution in [3.05, 3.63) is 23.2 Å². The van der Waals surface area contributed by atoms with Crippen molar-refractivity contribution in [2.45, 2.75) is 11.8 Å². The Balaban J connectivity index is 5.05. The highest BCUT2D eigenvalue weighted by Crippen LogP contribution is 2.42. The van der Waals surface area contributed by atoms with Gasteiger partial charge in [0.05, 0.1) is 0 Å². The number of rotatable bonds is 5. The van der Waals surface area contributed by atoms with E-state index in [1.54, 1.807) is 0 Å². The van der Waals surface area contributed by atoms with Crippen LogP contribution in [0, 0.1) is 0 Å². The Morgan fingerprint density at radius 2 is 1.39 bits per heavy atom. The molecule has 1 nitrogen and oxygen atoms in total. The average Bonchev–Trinajstić information content (AvgIpc) is 2.23. The maximum atomic E-state index is 12.6. The van der Waals surface area contributed by atoms with Gasteiger partial charge in [-0.2, -0.15) is 39.5 Å². The monoisotopic (exact) mass is 308 g/mol. The van der Waals surface area contributed by atoms with Gasteiger partial charge in [-0.1, -0.05) is 0 Å². The van der Waals surface area contributed by atoms with Gasteiger partial charge in [0.15, 0.2) is 6.61 Å². The molecule has 0 bridgehead atoms. The first kappa shape index (κ1) is 16.9. The van der Waals surface area contributed by atoms with E-state index in [9.17, 15) is 39.5 Å². The first-order chi connectivity index (χ1) is 7.93. The third-order valence-electron chi connectivity index (χ3n) is 1.43. The van der Waals surface area contributed by atoms with Gasteiger partial charge >= 0.3 is 23.9 Å². The highest BCUT2D eigenvalue weighted by Gasteiger charge is 2.62. The molecule has 18 heavy (non-hydrogen) atoms. The third-order valence-corrected chi connectivity index (χ3v) is 1.58. The molecule has 0 aromatic heterocycles. The molecule has 106 valence electrons. The van der Waals surface area contributed by atoms with Crippen molar-refractivity contribution in [2.24, 2.45) is 0 Å². The lowest BCUT2D eigenvalue weighted by atomic mass is 10.1. The molecular formula is C7H2ClF9O. The Hall–Kier alpha value is -1.06. The zero-order valence-corrected chi connectivity index (χ0v) is 8.65. The quantitative estimate of drug-likeness (QED) is 0.530. The summed E-state index contributed by atoms with van der Waals surface area (Å²) >= 11 is 4.26. The van der Waals surface area contributed by atoms with Crippen molar-refractivity contribution >= 4 is 11.6 Å². The summed E-state index contributed by atoms with van der Waals surface area (Å²) in [6, 6.07) is -2.47. The maximum absolute atomic E-state index is 12.6. The van der Waals surface area contributed by atoms with Crippen LogP contribution in [0.5, 0.6) is 0 Å². The molecule has 0 aliphatic rings. The Morgan fingerprint density at radius 1 is 0.944 bits per heavy atom. The highest BCUT2D eigenvalue weighted by molar-refractivity contribution is 6.28. The normalized spacial score (nSPS) is 14.1. The van der Waals surface area contributed by atoms with E-state index in [0.29, 0.717) is 0 Å². The summed E-state index contributed by atoms with van der Waals surface area (Å²) in [6.45, 7) is -2.60. The molecule has 0 amide bonds. The fourth-order valence-corrected chi connectivity index (χ4v) is 0.633. The van der Waals surface area contributed by atoms with E-state index < -0.39 is 41.7 Å². The predicted molar refractivity (Wildman–Crippen MR) is 41.3 cm³/mol. The molecule has 0 heterocycles. The molecular weight excluding hydrogens is 307 g/mol. The lowest BCUT2D eigenvalue weighted by Gasteiger charge is -2.24. The van der Waals surface area contributed by atoms with Gasteiger partial charge < -0.3 is 4.74 Å². The minimum absolute atomic E-state index is 2.26. The minimum atomic E-state index is -5.95. The van der Waals surface area contributed by atoms with Crippen LogP contribution in [-0.4, -0.2) is 18.5 Å². The molecule has 0 rings (SSSR count). The van der Waals surface area contributed by atoms with Crippen molar-refractivity contribution in [3.8, 4) is 0 Å². The summed E-state index contributed by atoms with van der Waals surface area (Å²) in [6.07, 6.45) is -3.68. The summed E-state index contributed by atoms with van der Waals surface area (Å²) in [5.41, 5.74) is 0. The largest absolute Gasteiger partial charge is 0.461 e. The minimum Gasteiger partial charge on any atom is -0.461 e. The summed E-state index contributed by atoms with van der Waals surface area (Å²) < 4.78 is 112. The number of alkyl halides is 4. The molecule has 11 heteroatoms. The Labute approximate surface area is 98.5 Å². The molecule has 0 aromatic carbocycles. The lowest BCUT2D eigenvalue weighted by Crippen LogP contribution is -2.45. The first-order valence-electron chi connectivity index (χ1n) is 3.74. The van der Waals surface area contributed by atoms with Crippen molar-refractivity contribution < 1.29 is 44.3 Å². The molecule has 0 aliphatic heterocycles. The number of hydrogen-bond acceptors (Lipinski definition) is 1. The van der Waals surface area contributed by atoms with Crippen LogP contribution in [0.25, 0.3) is 0 Å². The van der Waals surface area contributed by atoms with Crippen molar-refractivity contribution in [1.82, 2.24) is 0 Å². The van der Waals surface area contributed by atoms with E-state index in [1.165, 1.54) is 0 Å². The topological polar surface area (TPSA) is 9.23 Å². The van der Waals surface area contributed by atoms with E-state index in [-0.39, 0.29) is 0 Å². The molecule has 0 aromatic rings. The van der Waals surface area contributed by atoms with Crippen molar-refractivity contribution in [2.75, 3.05) is 6.61 Å². The number of ether oxygens (including phenoxy) is 1. The number of halogens is 10. The van der Waals surface area contributed by atoms with E-state index >= 15 is 0 Å². The smallest absolute Gasteiger partial charge is 0.369 e. The van der Waals surface area contributed by atoms with Crippen LogP contribution in [0.15, 0.2) is 23.2 Å². The van der Waals surface area contributed by atoms with Gasteiger partial charge in [-0.3, -0.25) is 0 Å². The highest BCUT2D eigenvalue weighted by atomic mass is 35.5. The molecule has 0 unspecified atom stereocenters. The van der Waals surface area contributed by atoms with Gasteiger partial charge in [-0.15, -0.1) is 0 Å².